The van der Waals surface area contributed by atoms with Crippen molar-refractivity contribution in [3.63, 3.8) is 0 Å². The van der Waals surface area contributed by atoms with E-state index in [4.69, 9.17) is 5.26 Å². The minimum atomic E-state index is -0.185. The molecule has 1 aliphatic carbocycles. The van der Waals surface area contributed by atoms with E-state index in [0.29, 0.717) is 12.5 Å². The molecule has 0 spiro atoms. The first kappa shape index (κ1) is 10.4. The van der Waals surface area contributed by atoms with Gasteiger partial charge in [-0.25, -0.2) is 0 Å². The molecule has 2 fully saturated rings. The molecule has 0 N–H and O–H groups in total. The molecule has 2 aliphatic rings. The Morgan fingerprint density at radius 1 is 1.47 bits per heavy atom. The van der Waals surface area contributed by atoms with Crippen LogP contribution in [0.1, 0.15) is 25.7 Å². The number of carbonyl (C=O) groups is 1. The van der Waals surface area contributed by atoms with Crippen molar-refractivity contribution in [1.29, 1.82) is 5.26 Å². The highest BCUT2D eigenvalue weighted by Gasteiger charge is 2.39. The van der Waals surface area contributed by atoms with Crippen LogP contribution in [0.5, 0.6) is 0 Å². The van der Waals surface area contributed by atoms with Crippen LogP contribution in [-0.4, -0.2) is 47.9 Å². The largest absolute Gasteiger partial charge is 0.344 e. The number of hydrogen-bond donors (Lipinski definition) is 0. The van der Waals surface area contributed by atoms with Crippen molar-refractivity contribution in [3.05, 3.63) is 0 Å². The Labute approximate surface area is 90.5 Å². The van der Waals surface area contributed by atoms with Crippen LogP contribution < -0.4 is 0 Å². The monoisotopic (exact) mass is 207 g/mol. The number of amides is 1. The summed E-state index contributed by atoms with van der Waals surface area (Å²) in [7, 11) is 1.84. The van der Waals surface area contributed by atoms with Gasteiger partial charge in [0.25, 0.3) is 0 Å². The molecule has 2 rings (SSSR count). The Morgan fingerprint density at radius 3 is 2.80 bits per heavy atom. The van der Waals surface area contributed by atoms with E-state index >= 15 is 0 Å². The Morgan fingerprint density at radius 2 is 2.20 bits per heavy atom. The van der Waals surface area contributed by atoms with Gasteiger partial charge >= 0.3 is 0 Å². The Bertz CT molecular complexity index is 293. The number of nitrogens with zero attached hydrogens (tertiary/aromatic N) is 3. The topological polar surface area (TPSA) is 47.3 Å². The summed E-state index contributed by atoms with van der Waals surface area (Å²) >= 11 is 0. The molecule has 1 atom stereocenters. The van der Waals surface area contributed by atoms with Crippen molar-refractivity contribution in [1.82, 2.24) is 9.80 Å². The van der Waals surface area contributed by atoms with Gasteiger partial charge in [0.1, 0.15) is 6.04 Å². The molecule has 82 valence electrons. The predicted molar refractivity (Wildman–Crippen MR) is 56.0 cm³/mol. The van der Waals surface area contributed by atoms with Gasteiger partial charge in [0.05, 0.1) is 12.5 Å². The lowest BCUT2D eigenvalue weighted by Crippen LogP contribution is -2.45. The highest BCUT2D eigenvalue weighted by atomic mass is 16.2. The SMILES string of the molecule is CN1CCCN(C2CC2)C(CC#N)C1=O. The third-order valence-corrected chi connectivity index (χ3v) is 3.27. The minimum Gasteiger partial charge on any atom is -0.344 e. The van der Waals surface area contributed by atoms with Crippen LogP contribution >= 0.6 is 0 Å². The van der Waals surface area contributed by atoms with Gasteiger partial charge in [-0.15, -0.1) is 0 Å². The minimum absolute atomic E-state index is 0.126. The maximum Gasteiger partial charge on any atom is 0.240 e. The Hall–Kier alpha value is -1.08. The van der Waals surface area contributed by atoms with Gasteiger partial charge in [-0.2, -0.15) is 5.26 Å². The maximum atomic E-state index is 12.0. The Balaban J connectivity index is 2.13. The summed E-state index contributed by atoms with van der Waals surface area (Å²) in [6.07, 6.45) is 3.75. The summed E-state index contributed by atoms with van der Waals surface area (Å²) in [5.41, 5.74) is 0. The second-order valence-corrected chi connectivity index (χ2v) is 4.46. The maximum absolute atomic E-state index is 12.0. The molecular weight excluding hydrogens is 190 g/mol. The highest BCUT2D eigenvalue weighted by molar-refractivity contribution is 5.82. The van der Waals surface area contributed by atoms with Gasteiger partial charge in [-0.3, -0.25) is 9.69 Å². The molecular formula is C11H17N3O. The van der Waals surface area contributed by atoms with E-state index in [1.807, 2.05) is 7.05 Å². The molecule has 0 aromatic heterocycles. The predicted octanol–water partition coefficient (Wildman–Crippen LogP) is 0.595. The van der Waals surface area contributed by atoms with E-state index < -0.39 is 0 Å². The second-order valence-electron chi connectivity index (χ2n) is 4.46. The molecule has 4 nitrogen and oxygen atoms in total. The average molecular weight is 207 g/mol. The average Bonchev–Trinajstić information content (AvgIpc) is 3.03. The number of likely N-dealkylation sites (N-methyl/N-ethyl adjacent to an activating group) is 1. The summed E-state index contributed by atoms with van der Waals surface area (Å²) in [4.78, 5) is 16.0. The van der Waals surface area contributed by atoms with Crippen LogP contribution in [0.15, 0.2) is 0 Å². The van der Waals surface area contributed by atoms with Gasteiger partial charge in [0.15, 0.2) is 0 Å². The van der Waals surface area contributed by atoms with Crippen LogP contribution in [0.2, 0.25) is 0 Å². The van der Waals surface area contributed by atoms with Gasteiger partial charge in [-0.1, -0.05) is 0 Å². The molecule has 1 amide bonds. The van der Waals surface area contributed by atoms with E-state index in [1.54, 1.807) is 4.90 Å². The van der Waals surface area contributed by atoms with Gasteiger partial charge < -0.3 is 4.90 Å². The molecule has 4 heteroatoms. The van der Waals surface area contributed by atoms with E-state index in [0.717, 1.165) is 19.5 Å². The smallest absolute Gasteiger partial charge is 0.240 e. The fourth-order valence-corrected chi connectivity index (χ4v) is 2.29. The van der Waals surface area contributed by atoms with E-state index in [1.165, 1.54) is 12.8 Å². The zero-order valence-corrected chi connectivity index (χ0v) is 9.15. The van der Waals surface area contributed by atoms with E-state index in [2.05, 4.69) is 11.0 Å². The van der Waals surface area contributed by atoms with Gasteiger partial charge in [0, 0.05) is 26.2 Å². The third kappa shape index (κ3) is 2.13. The molecule has 1 heterocycles. The van der Waals surface area contributed by atoms with Crippen molar-refractivity contribution in [3.8, 4) is 6.07 Å². The fourth-order valence-electron chi connectivity index (χ4n) is 2.29. The van der Waals surface area contributed by atoms with Crippen molar-refractivity contribution >= 4 is 5.91 Å². The van der Waals surface area contributed by atoms with Gasteiger partial charge in [-0.05, 0) is 19.3 Å². The van der Waals surface area contributed by atoms with Crippen molar-refractivity contribution in [2.45, 2.75) is 37.8 Å². The lowest BCUT2D eigenvalue weighted by atomic mass is 10.1. The quantitative estimate of drug-likeness (QED) is 0.666. The third-order valence-electron chi connectivity index (χ3n) is 3.27. The highest BCUT2D eigenvalue weighted by Crippen LogP contribution is 2.31. The number of carbonyl (C=O) groups excluding carboxylic acids is 1. The first-order chi connectivity index (χ1) is 7.24. The summed E-state index contributed by atoms with van der Waals surface area (Å²) in [5, 5.41) is 8.79. The second kappa shape index (κ2) is 4.19. The molecule has 0 bridgehead atoms. The number of rotatable bonds is 2. The lowest BCUT2D eigenvalue weighted by molar-refractivity contribution is -0.134. The Kier molecular flexibility index (Phi) is 2.92. The van der Waals surface area contributed by atoms with Crippen LogP contribution in [0, 0.1) is 11.3 Å². The summed E-state index contributed by atoms with van der Waals surface area (Å²) in [5.74, 6) is 0.126. The summed E-state index contributed by atoms with van der Waals surface area (Å²) < 4.78 is 0. The van der Waals surface area contributed by atoms with Gasteiger partial charge in [0.2, 0.25) is 5.91 Å². The molecule has 0 aromatic carbocycles. The molecule has 1 aliphatic heterocycles. The summed E-state index contributed by atoms with van der Waals surface area (Å²) in [6.45, 7) is 1.79. The number of nitriles is 1. The van der Waals surface area contributed by atoms with Crippen LogP contribution in [-0.2, 0) is 4.79 Å². The first-order valence-corrected chi connectivity index (χ1v) is 5.61. The first-order valence-electron chi connectivity index (χ1n) is 5.61. The standard InChI is InChI=1S/C11H17N3O/c1-13-7-2-8-14(9-3-4-9)10(5-6-12)11(13)15/h9-10H,2-5,7-8H2,1H3. The number of hydrogen-bond acceptors (Lipinski definition) is 3. The van der Waals surface area contributed by atoms with E-state index in [-0.39, 0.29) is 11.9 Å². The molecule has 1 unspecified atom stereocenters. The summed E-state index contributed by atoms with van der Waals surface area (Å²) in [6, 6.07) is 2.52. The molecule has 1 saturated heterocycles. The lowest BCUT2D eigenvalue weighted by Gasteiger charge is -2.27. The van der Waals surface area contributed by atoms with Crippen molar-refractivity contribution in [2.75, 3.05) is 20.1 Å². The fraction of sp³-hybridized carbons (Fsp3) is 0.818. The van der Waals surface area contributed by atoms with Crippen molar-refractivity contribution in [2.24, 2.45) is 0 Å². The molecule has 0 aromatic rings. The van der Waals surface area contributed by atoms with Crippen LogP contribution in [0.3, 0.4) is 0 Å². The van der Waals surface area contributed by atoms with E-state index in [9.17, 15) is 4.79 Å². The molecule has 0 radical (unpaired) electrons. The van der Waals surface area contributed by atoms with Crippen LogP contribution in [0.4, 0.5) is 0 Å². The van der Waals surface area contributed by atoms with Crippen molar-refractivity contribution < 1.29 is 4.79 Å². The zero-order chi connectivity index (χ0) is 10.8. The molecule has 1 saturated carbocycles. The normalized spacial score (nSPS) is 28.7. The van der Waals surface area contributed by atoms with Crippen LogP contribution in [0.25, 0.3) is 0 Å². The zero-order valence-electron chi connectivity index (χ0n) is 9.15. The molecule has 15 heavy (non-hydrogen) atoms.